The molecule has 1 amide bonds. The summed E-state index contributed by atoms with van der Waals surface area (Å²) in [6.07, 6.45) is 3.18. The van der Waals surface area contributed by atoms with Crippen LogP contribution in [0.1, 0.15) is 41.4 Å². The standard InChI is InChI=1S/C23H34N4O4.HI/c1-4-30-15-6-14-26-23(27-17-19-7-9-20(29-3)10-8-19)25-13-5-12-24-22(28)21-18(2)11-16-31-21;/h7-11,16H,4-6,12-15,17H2,1-3H3,(H,24,28)(H2,25,26,27);1H. The molecule has 1 heterocycles. The van der Waals surface area contributed by atoms with Gasteiger partial charge in [-0.1, -0.05) is 12.1 Å². The van der Waals surface area contributed by atoms with Crippen LogP contribution in [0, 0.1) is 6.92 Å². The van der Waals surface area contributed by atoms with Gasteiger partial charge in [-0.2, -0.15) is 0 Å². The van der Waals surface area contributed by atoms with E-state index in [9.17, 15) is 4.79 Å². The Bertz CT molecular complexity index is 809. The lowest BCUT2D eigenvalue weighted by Crippen LogP contribution is -2.39. The van der Waals surface area contributed by atoms with E-state index in [1.54, 1.807) is 13.2 Å². The second-order valence-corrected chi connectivity index (χ2v) is 6.96. The highest BCUT2D eigenvalue weighted by molar-refractivity contribution is 14.0. The minimum atomic E-state index is -0.190. The van der Waals surface area contributed by atoms with Crippen LogP contribution in [-0.4, -0.2) is 51.8 Å². The average Bonchev–Trinajstić information content (AvgIpc) is 3.22. The fourth-order valence-electron chi connectivity index (χ4n) is 2.78. The van der Waals surface area contributed by atoms with Gasteiger partial charge in [0.25, 0.3) is 5.91 Å². The van der Waals surface area contributed by atoms with Crippen molar-refractivity contribution < 1.29 is 18.7 Å². The lowest BCUT2D eigenvalue weighted by Gasteiger charge is -2.13. The molecule has 0 spiro atoms. The van der Waals surface area contributed by atoms with Gasteiger partial charge in [0, 0.05) is 38.4 Å². The Morgan fingerprint density at radius 1 is 1.03 bits per heavy atom. The van der Waals surface area contributed by atoms with Crippen molar-refractivity contribution in [3.8, 4) is 5.75 Å². The van der Waals surface area contributed by atoms with E-state index in [2.05, 4.69) is 20.9 Å². The summed E-state index contributed by atoms with van der Waals surface area (Å²) in [4.78, 5) is 16.7. The monoisotopic (exact) mass is 558 g/mol. The van der Waals surface area contributed by atoms with Crippen LogP contribution in [0.3, 0.4) is 0 Å². The minimum Gasteiger partial charge on any atom is -0.497 e. The molecule has 32 heavy (non-hydrogen) atoms. The van der Waals surface area contributed by atoms with Gasteiger partial charge < -0.3 is 29.8 Å². The van der Waals surface area contributed by atoms with Crippen molar-refractivity contribution in [1.29, 1.82) is 0 Å². The molecule has 8 nitrogen and oxygen atoms in total. The number of aliphatic imine (C=N–C) groups is 1. The zero-order chi connectivity index (χ0) is 22.3. The molecule has 0 atom stereocenters. The Hall–Kier alpha value is -2.27. The van der Waals surface area contributed by atoms with Crippen LogP contribution in [-0.2, 0) is 11.3 Å². The fourth-order valence-corrected chi connectivity index (χ4v) is 2.78. The van der Waals surface area contributed by atoms with Crippen molar-refractivity contribution in [2.45, 2.75) is 33.2 Å². The predicted octanol–water partition coefficient (Wildman–Crippen LogP) is 3.50. The number of nitrogens with one attached hydrogen (secondary N) is 3. The summed E-state index contributed by atoms with van der Waals surface area (Å²) in [6.45, 7) is 7.82. The molecule has 0 fully saturated rings. The number of hydrogen-bond acceptors (Lipinski definition) is 5. The Labute approximate surface area is 207 Å². The summed E-state index contributed by atoms with van der Waals surface area (Å²) in [5.41, 5.74) is 1.93. The molecule has 2 rings (SSSR count). The van der Waals surface area contributed by atoms with E-state index in [1.807, 2.05) is 38.1 Å². The summed E-state index contributed by atoms with van der Waals surface area (Å²) >= 11 is 0. The van der Waals surface area contributed by atoms with Crippen molar-refractivity contribution in [3.63, 3.8) is 0 Å². The Balaban J connectivity index is 0.00000512. The summed E-state index contributed by atoms with van der Waals surface area (Å²) in [5, 5.41) is 9.53. The average molecular weight is 558 g/mol. The molecule has 0 radical (unpaired) electrons. The second kappa shape index (κ2) is 16.4. The van der Waals surface area contributed by atoms with Gasteiger partial charge in [-0.05, 0) is 50.5 Å². The maximum absolute atomic E-state index is 12.1. The van der Waals surface area contributed by atoms with E-state index in [0.717, 1.165) is 48.8 Å². The van der Waals surface area contributed by atoms with Crippen LogP contribution in [0.15, 0.2) is 46.0 Å². The third-order valence-electron chi connectivity index (χ3n) is 4.54. The molecular formula is C23H35IN4O4. The zero-order valence-corrected chi connectivity index (χ0v) is 21.4. The van der Waals surface area contributed by atoms with E-state index in [0.29, 0.717) is 32.0 Å². The summed E-state index contributed by atoms with van der Waals surface area (Å²) < 4.78 is 15.8. The van der Waals surface area contributed by atoms with E-state index < -0.39 is 0 Å². The van der Waals surface area contributed by atoms with Crippen molar-refractivity contribution in [2.75, 3.05) is 40.0 Å². The highest BCUT2D eigenvalue weighted by Gasteiger charge is 2.11. The lowest BCUT2D eigenvalue weighted by atomic mass is 10.2. The number of ether oxygens (including phenoxy) is 2. The van der Waals surface area contributed by atoms with E-state index in [1.165, 1.54) is 6.26 Å². The maximum Gasteiger partial charge on any atom is 0.287 e. The van der Waals surface area contributed by atoms with Crippen molar-refractivity contribution >= 4 is 35.8 Å². The summed E-state index contributed by atoms with van der Waals surface area (Å²) in [5.74, 6) is 1.74. The number of carbonyl (C=O) groups excluding carboxylic acids is 1. The topological polar surface area (TPSA) is 97.1 Å². The van der Waals surface area contributed by atoms with Crippen LogP contribution < -0.4 is 20.7 Å². The van der Waals surface area contributed by atoms with Crippen LogP contribution in [0.4, 0.5) is 0 Å². The molecule has 2 aromatic rings. The minimum absolute atomic E-state index is 0. The quantitative estimate of drug-likeness (QED) is 0.151. The van der Waals surface area contributed by atoms with Gasteiger partial charge in [0.15, 0.2) is 11.7 Å². The Morgan fingerprint density at radius 2 is 1.72 bits per heavy atom. The number of nitrogens with zero attached hydrogens (tertiary/aromatic N) is 1. The molecule has 0 bridgehead atoms. The molecule has 1 aromatic carbocycles. The van der Waals surface area contributed by atoms with Crippen molar-refractivity contribution in [1.82, 2.24) is 16.0 Å². The first-order valence-corrected chi connectivity index (χ1v) is 10.7. The molecule has 9 heteroatoms. The lowest BCUT2D eigenvalue weighted by molar-refractivity contribution is 0.0925. The number of rotatable bonds is 13. The van der Waals surface area contributed by atoms with Crippen LogP contribution >= 0.6 is 24.0 Å². The zero-order valence-electron chi connectivity index (χ0n) is 19.1. The molecule has 0 saturated heterocycles. The largest absolute Gasteiger partial charge is 0.497 e. The molecule has 0 aliphatic carbocycles. The number of halogens is 1. The SMILES string of the molecule is CCOCCCNC(=NCc1ccc(OC)cc1)NCCCNC(=O)c1occc1C.I. The first-order chi connectivity index (χ1) is 15.1. The van der Waals surface area contributed by atoms with Gasteiger partial charge in [-0.25, -0.2) is 4.99 Å². The summed E-state index contributed by atoms with van der Waals surface area (Å²) in [7, 11) is 1.65. The van der Waals surface area contributed by atoms with Gasteiger partial charge in [-0.3, -0.25) is 4.79 Å². The maximum atomic E-state index is 12.1. The first kappa shape index (κ1) is 27.8. The van der Waals surface area contributed by atoms with Gasteiger partial charge in [-0.15, -0.1) is 24.0 Å². The molecule has 3 N–H and O–H groups in total. The number of guanidine groups is 1. The second-order valence-electron chi connectivity index (χ2n) is 6.96. The predicted molar refractivity (Wildman–Crippen MR) is 137 cm³/mol. The van der Waals surface area contributed by atoms with Crippen molar-refractivity contribution in [3.05, 3.63) is 53.5 Å². The van der Waals surface area contributed by atoms with Crippen LogP contribution in [0.25, 0.3) is 0 Å². The van der Waals surface area contributed by atoms with Crippen LogP contribution in [0.2, 0.25) is 0 Å². The number of aryl methyl sites for hydroxylation is 1. The van der Waals surface area contributed by atoms with Gasteiger partial charge in [0.05, 0.1) is 19.9 Å². The highest BCUT2D eigenvalue weighted by atomic mass is 127. The van der Waals surface area contributed by atoms with E-state index >= 15 is 0 Å². The van der Waals surface area contributed by atoms with Gasteiger partial charge >= 0.3 is 0 Å². The number of hydrogen-bond donors (Lipinski definition) is 3. The summed E-state index contributed by atoms with van der Waals surface area (Å²) in [6, 6.07) is 9.63. The normalized spacial score (nSPS) is 10.9. The molecule has 0 aliphatic rings. The Morgan fingerprint density at radius 3 is 2.34 bits per heavy atom. The molecule has 0 aliphatic heterocycles. The third-order valence-corrected chi connectivity index (χ3v) is 4.54. The number of amides is 1. The molecular weight excluding hydrogens is 523 g/mol. The fraction of sp³-hybridized carbons (Fsp3) is 0.478. The van der Waals surface area contributed by atoms with Gasteiger partial charge in [0.1, 0.15) is 5.75 Å². The smallest absolute Gasteiger partial charge is 0.287 e. The molecule has 1 aromatic heterocycles. The molecule has 0 saturated carbocycles. The number of furan rings is 1. The Kier molecular flexibility index (Phi) is 14.2. The number of carbonyl (C=O) groups is 1. The number of benzene rings is 1. The number of methoxy groups -OCH3 is 1. The van der Waals surface area contributed by atoms with Crippen molar-refractivity contribution in [2.24, 2.45) is 4.99 Å². The molecule has 178 valence electrons. The van der Waals surface area contributed by atoms with Crippen LogP contribution in [0.5, 0.6) is 5.75 Å². The van der Waals surface area contributed by atoms with E-state index in [4.69, 9.17) is 13.9 Å². The molecule has 0 unspecified atom stereocenters. The first-order valence-electron chi connectivity index (χ1n) is 10.7. The van der Waals surface area contributed by atoms with Gasteiger partial charge in [0.2, 0.25) is 0 Å². The highest BCUT2D eigenvalue weighted by Crippen LogP contribution is 2.12. The third kappa shape index (κ3) is 10.4. The van der Waals surface area contributed by atoms with E-state index in [-0.39, 0.29) is 29.9 Å².